The maximum atomic E-state index is 13.6. The van der Waals surface area contributed by atoms with E-state index in [2.05, 4.69) is 0 Å². The normalized spacial score (nSPS) is 12.2. The van der Waals surface area contributed by atoms with Crippen molar-refractivity contribution in [2.24, 2.45) is 5.73 Å². The van der Waals surface area contributed by atoms with Gasteiger partial charge in [-0.1, -0.05) is 29.8 Å². The number of ether oxygens (including phenoxy) is 1. The van der Waals surface area contributed by atoms with Crippen LogP contribution in [0.3, 0.4) is 0 Å². The molecule has 106 valence electrons. The summed E-state index contributed by atoms with van der Waals surface area (Å²) >= 11 is 0. The Bertz CT molecular complexity index is 613. The van der Waals surface area contributed by atoms with Gasteiger partial charge in [0.15, 0.2) is 11.6 Å². The van der Waals surface area contributed by atoms with Crippen molar-refractivity contribution in [2.75, 3.05) is 6.61 Å². The van der Waals surface area contributed by atoms with Gasteiger partial charge in [0.2, 0.25) is 0 Å². The quantitative estimate of drug-likeness (QED) is 0.925. The number of hydrogen-bond acceptors (Lipinski definition) is 2. The standard InChI is InChI=1S/C16H17F2NO/c1-10-6-7-15(11(2)8-10)20-9-14(19)12-4-3-5-13(17)16(12)18/h3-8,14H,9,19H2,1-2H3. The first-order chi connectivity index (χ1) is 9.49. The fourth-order valence-corrected chi connectivity index (χ4v) is 2.04. The molecule has 0 saturated heterocycles. The van der Waals surface area contributed by atoms with Gasteiger partial charge >= 0.3 is 0 Å². The molecule has 20 heavy (non-hydrogen) atoms. The Balaban J connectivity index is 2.08. The van der Waals surface area contributed by atoms with Gasteiger partial charge < -0.3 is 10.5 Å². The van der Waals surface area contributed by atoms with Gasteiger partial charge in [-0.25, -0.2) is 8.78 Å². The summed E-state index contributed by atoms with van der Waals surface area (Å²) in [4.78, 5) is 0. The van der Waals surface area contributed by atoms with Gasteiger partial charge in [-0.3, -0.25) is 0 Å². The summed E-state index contributed by atoms with van der Waals surface area (Å²) in [5.74, 6) is -1.11. The Kier molecular flexibility index (Phi) is 4.35. The number of rotatable bonds is 4. The lowest BCUT2D eigenvalue weighted by molar-refractivity contribution is 0.285. The highest BCUT2D eigenvalue weighted by atomic mass is 19.2. The van der Waals surface area contributed by atoms with Crippen molar-refractivity contribution < 1.29 is 13.5 Å². The highest BCUT2D eigenvalue weighted by Gasteiger charge is 2.15. The molecule has 2 aromatic rings. The molecule has 1 atom stereocenters. The van der Waals surface area contributed by atoms with Crippen LogP contribution in [-0.4, -0.2) is 6.61 Å². The summed E-state index contributed by atoms with van der Waals surface area (Å²) in [6.45, 7) is 4.01. The van der Waals surface area contributed by atoms with E-state index in [9.17, 15) is 8.78 Å². The molecule has 4 heteroatoms. The van der Waals surface area contributed by atoms with Crippen molar-refractivity contribution in [1.82, 2.24) is 0 Å². The Hall–Kier alpha value is -1.94. The van der Waals surface area contributed by atoms with Crippen LogP contribution in [0.1, 0.15) is 22.7 Å². The van der Waals surface area contributed by atoms with Crippen LogP contribution in [0, 0.1) is 25.5 Å². The molecule has 2 rings (SSSR count). The highest BCUT2D eigenvalue weighted by molar-refractivity contribution is 5.35. The Labute approximate surface area is 117 Å². The maximum Gasteiger partial charge on any atom is 0.163 e. The van der Waals surface area contributed by atoms with E-state index in [1.807, 2.05) is 32.0 Å². The fourth-order valence-electron chi connectivity index (χ4n) is 2.04. The minimum atomic E-state index is -0.913. The van der Waals surface area contributed by atoms with Crippen LogP contribution < -0.4 is 10.5 Å². The van der Waals surface area contributed by atoms with E-state index in [0.29, 0.717) is 5.75 Å². The summed E-state index contributed by atoms with van der Waals surface area (Å²) in [7, 11) is 0. The summed E-state index contributed by atoms with van der Waals surface area (Å²) < 4.78 is 32.3. The smallest absolute Gasteiger partial charge is 0.163 e. The van der Waals surface area contributed by atoms with E-state index in [1.165, 1.54) is 12.1 Å². The van der Waals surface area contributed by atoms with Crippen LogP contribution in [-0.2, 0) is 0 Å². The Morgan fingerprint density at radius 3 is 2.60 bits per heavy atom. The van der Waals surface area contributed by atoms with E-state index in [1.54, 1.807) is 0 Å². The van der Waals surface area contributed by atoms with E-state index in [4.69, 9.17) is 10.5 Å². The first-order valence-electron chi connectivity index (χ1n) is 6.38. The molecule has 0 amide bonds. The highest BCUT2D eigenvalue weighted by Crippen LogP contribution is 2.22. The minimum absolute atomic E-state index is 0.0876. The third-order valence-electron chi connectivity index (χ3n) is 3.13. The second-order valence-electron chi connectivity index (χ2n) is 4.83. The summed E-state index contributed by atoms with van der Waals surface area (Å²) in [5.41, 5.74) is 8.10. The van der Waals surface area contributed by atoms with Crippen molar-refractivity contribution in [3.63, 3.8) is 0 Å². The molecule has 2 nitrogen and oxygen atoms in total. The minimum Gasteiger partial charge on any atom is -0.491 e. The summed E-state index contributed by atoms with van der Waals surface area (Å²) in [5, 5.41) is 0. The van der Waals surface area contributed by atoms with Crippen LogP contribution in [0.15, 0.2) is 36.4 Å². The largest absolute Gasteiger partial charge is 0.491 e. The van der Waals surface area contributed by atoms with E-state index < -0.39 is 17.7 Å². The molecule has 2 N–H and O–H groups in total. The zero-order valence-electron chi connectivity index (χ0n) is 11.5. The molecule has 0 radical (unpaired) electrons. The van der Waals surface area contributed by atoms with Crippen molar-refractivity contribution in [3.05, 3.63) is 64.7 Å². The van der Waals surface area contributed by atoms with Gasteiger partial charge in [0.05, 0.1) is 6.04 Å². The Morgan fingerprint density at radius 1 is 1.15 bits per heavy atom. The van der Waals surface area contributed by atoms with Gasteiger partial charge in [-0.15, -0.1) is 0 Å². The molecule has 0 fully saturated rings. The second kappa shape index (κ2) is 6.01. The average Bonchev–Trinajstić information content (AvgIpc) is 2.40. The van der Waals surface area contributed by atoms with Gasteiger partial charge in [-0.05, 0) is 31.5 Å². The first kappa shape index (κ1) is 14.5. The fraction of sp³-hybridized carbons (Fsp3) is 0.250. The predicted molar refractivity (Wildman–Crippen MR) is 74.7 cm³/mol. The molecule has 0 aromatic heterocycles. The van der Waals surface area contributed by atoms with Crippen molar-refractivity contribution in [2.45, 2.75) is 19.9 Å². The molecule has 0 bridgehead atoms. The second-order valence-corrected chi connectivity index (χ2v) is 4.83. The SMILES string of the molecule is Cc1ccc(OCC(N)c2cccc(F)c2F)c(C)c1. The average molecular weight is 277 g/mol. The molecule has 2 aromatic carbocycles. The lowest BCUT2D eigenvalue weighted by Gasteiger charge is -2.16. The summed E-state index contributed by atoms with van der Waals surface area (Å²) in [6.07, 6.45) is 0. The predicted octanol–water partition coefficient (Wildman–Crippen LogP) is 3.66. The molecule has 0 aliphatic carbocycles. The zero-order valence-corrected chi connectivity index (χ0v) is 11.5. The summed E-state index contributed by atoms with van der Waals surface area (Å²) in [6, 6.07) is 9.02. The van der Waals surface area contributed by atoms with Crippen LogP contribution in [0.25, 0.3) is 0 Å². The maximum absolute atomic E-state index is 13.6. The number of nitrogens with two attached hydrogens (primary N) is 1. The van der Waals surface area contributed by atoms with Gasteiger partial charge in [0, 0.05) is 5.56 Å². The topological polar surface area (TPSA) is 35.2 Å². The molecular formula is C16H17F2NO. The molecule has 0 spiro atoms. The van der Waals surface area contributed by atoms with Crippen molar-refractivity contribution in [3.8, 4) is 5.75 Å². The van der Waals surface area contributed by atoms with Gasteiger partial charge in [-0.2, -0.15) is 0 Å². The number of hydrogen-bond donors (Lipinski definition) is 1. The molecule has 0 saturated carbocycles. The molecule has 0 aliphatic heterocycles. The monoisotopic (exact) mass is 277 g/mol. The molecule has 1 unspecified atom stereocenters. The van der Waals surface area contributed by atoms with Crippen molar-refractivity contribution in [1.29, 1.82) is 0 Å². The van der Waals surface area contributed by atoms with Crippen LogP contribution >= 0.6 is 0 Å². The van der Waals surface area contributed by atoms with Crippen LogP contribution in [0.2, 0.25) is 0 Å². The molecular weight excluding hydrogens is 260 g/mol. The van der Waals surface area contributed by atoms with E-state index in [-0.39, 0.29) is 12.2 Å². The van der Waals surface area contributed by atoms with Crippen LogP contribution in [0.4, 0.5) is 8.78 Å². The van der Waals surface area contributed by atoms with Gasteiger partial charge in [0.25, 0.3) is 0 Å². The number of benzene rings is 2. The molecule has 0 heterocycles. The van der Waals surface area contributed by atoms with E-state index >= 15 is 0 Å². The van der Waals surface area contributed by atoms with Crippen LogP contribution in [0.5, 0.6) is 5.75 Å². The molecule has 0 aliphatic rings. The third kappa shape index (κ3) is 3.14. The first-order valence-corrected chi connectivity index (χ1v) is 6.38. The number of aryl methyl sites for hydroxylation is 2. The third-order valence-corrected chi connectivity index (χ3v) is 3.13. The van der Waals surface area contributed by atoms with Crippen molar-refractivity contribution >= 4 is 0 Å². The number of halogens is 2. The van der Waals surface area contributed by atoms with E-state index in [0.717, 1.165) is 17.2 Å². The Morgan fingerprint density at radius 2 is 1.90 bits per heavy atom. The zero-order chi connectivity index (χ0) is 14.7. The lowest BCUT2D eigenvalue weighted by atomic mass is 10.1. The lowest BCUT2D eigenvalue weighted by Crippen LogP contribution is -2.21. The van der Waals surface area contributed by atoms with Gasteiger partial charge in [0.1, 0.15) is 12.4 Å².